The van der Waals surface area contributed by atoms with Crippen molar-refractivity contribution < 1.29 is 4.39 Å². The van der Waals surface area contributed by atoms with Crippen LogP contribution in [0.15, 0.2) is 23.2 Å². The first-order valence-electron chi connectivity index (χ1n) is 4.43. The highest BCUT2D eigenvalue weighted by molar-refractivity contribution is 7.80. The number of aromatic amines is 1. The molecule has 0 saturated carbocycles. The van der Waals surface area contributed by atoms with Crippen LogP contribution >= 0.6 is 12.6 Å². The van der Waals surface area contributed by atoms with Gasteiger partial charge in [-0.1, -0.05) is 25.4 Å². The fourth-order valence-electron chi connectivity index (χ4n) is 1.15. The third-order valence-corrected chi connectivity index (χ3v) is 2.15. The van der Waals surface area contributed by atoms with Crippen molar-refractivity contribution in [1.82, 2.24) is 4.98 Å². The Kier molecular flexibility index (Phi) is 3.64. The van der Waals surface area contributed by atoms with Crippen molar-refractivity contribution in [2.75, 3.05) is 0 Å². The zero-order valence-corrected chi connectivity index (χ0v) is 9.03. The highest BCUT2D eigenvalue weighted by Crippen LogP contribution is 2.20. The summed E-state index contributed by atoms with van der Waals surface area (Å²) in [4.78, 5) is 3.66. The molecule has 72 valence electrons. The molecule has 0 aliphatic rings. The van der Waals surface area contributed by atoms with Crippen molar-refractivity contribution in [3.63, 3.8) is 0 Å². The fourth-order valence-corrected chi connectivity index (χ4v) is 1.39. The molecule has 2 aromatic rings. The van der Waals surface area contributed by atoms with E-state index in [-0.39, 0.29) is 5.46 Å². The molecule has 1 heterocycles. The predicted molar refractivity (Wildman–Crippen MR) is 62.2 cm³/mol. The van der Waals surface area contributed by atoms with Crippen molar-refractivity contribution >= 4 is 36.8 Å². The molecule has 0 fully saturated rings. The van der Waals surface area contributed by atoms with E-state index in [1.54, 1.807) is 12.3 Å². The number of thiol groups is 1. The van der Waals surface area contributed by atoms with E-state index in [4.69, 9.17) is 7.85 Å². The van der Waals surface area contributed by atoms with Crippen molar-refractivity contribution in [3.8, 4) is 0 Å². The minimum Gasteiger partial charge on any atom is -0.360 e. The number of rotatable bonds is 0. The van der Waals surface area contributed by atoms with Gasteiger partial charge >= 0.3 is 0 Å². The average Bonchev–Trinajstić information content (AvgIpc) is 2.53. The topological polar surface area (TPSA) is 15.8 Å². The molecule has 0 unspecified atom stereocenters. The number of hydrogen-bond donors (Lipinski definition) is 2. The number of fused-ring (bicyclic) bond motifs is 1. The SMILES string of the molecule is CC.[B]c1cc2c(S)c[nH]c2cc1F. The van der Waals surface area contributed by atoms with Crippen LogP contribution in [0.25, 0.3) is 10.9 Å². The second kappa shape index (κ2) is 4.55. The molecule has 0 spiro atoms. The van der Waals surface area contributed by atoms with Crippen LogP contribution in [-0.4, -0.2) is 12.8 Å². The van der Waals surface area contributed by atoms with Crippen LogP contribution in [-0.2, 0) is 0 Å². The summed E-state index contributed by atoms with van der Waals surface area (Å²) >= 11 is 4.17. The highest BCUT2D eigenvalue weighted by Gasteiger charge is 2.03. The number of aromatic nitrogens is 1. The van der Waals surface area contributed by atoms with E-state index < -0.39 is 5.82 Å². The summed E-state index contributed by atoms with van der Waals surface area (Å²) in [6.07, 6.45) is 1.70. The van der Waals surface area contributed by atoms with Crippen molar-refractivity contribution in [2.24, 2.45) is 0 Å². The van der Waals surface area contributed by atoms with Gasteiger partial charge in [-0.05, 0) is 6.07 Å². The summed E-state index contributed by atoms with van der Waals surface area (Å²) in [7, 11) is 5.39. The molecule has 1 aromatic heterocycles. The van der Waals surface area contributed by atoms with Crippen LogP contribution in [0.4, 0.5) is 4.39 Å². The van der Waals surface area contributed by atoms with Gasteiger partial charge in [-0.25, -0.2) is 4.39 Å². The van der Waals surface area contributed by atoms with Gasteiger partial charge in [-0.3, -0.25) is 0 Å². The minimum absolute atomic E-state index is 0.150. The number of H-pyrrole nitrogens is 1. The molecule has 1 N–H and O–H groups in total. The lowest BCUT2D eigenvalue weighted by Gasteiger charge is -1.96. The lowest BCUT2D eigenvalue weighted by Crippen LogP contribution is -2.06. The van der Waals surface area contributed by atoms with Gasteiger partial charge in [0.25, 0.3) is 0 Å². The second-order valence-corrected chi connectivity index (χ2v) is 3.08. The van der Waals surface area contributed by atoms with Crippen LogP contribution in [0.3, 0.4) is 0 Å². The van der Waals surface area contributed by atoms with Crippen molar-refractivity contribution in [3.05, 3.63) is 24.1 Å². The number of benzene rings is 1. The Morgan fingerprint density at radius 1 is 1.36 bits per heavy atom. The van der Waals surface area contributed by atoms with Gasteiger partial charge in [0.05, 0.1) is 0 Å². The van der Waals surface area contributed by atoms with E-state index in [1.807, 2.05) is 13.8 Å². The molecular formula is C10H11BFNS. The summed E-state index contributed by atoms with van der Waals surface area (Å²) in [5.41, 5.74) is 0.865. The Morgan fingerprint density at radius 2 is 2.00 bits per heavy atom. The van der Waals surface area contributed by atoms with Gasteiger partial charge < -0.3 is 4.98 Å². The van der Waals surface area contributed by atoms with Crippen LogP contribution < -0.4 is 5.46 Å². The molecule has 1 aromatic carbocycles. The molecule has 0 amide bonds. The molecule has 2 rings (SSSR count). The average molecular weight is 207 g/mol. The third kappa shape index (κ3) is 1.95. The first-order valence-corrected chi connectivity index (χ1v) is 4.88. The minimum atomic E-state index is -0.405. The molecule has 14 heavy (non-hydrogen) atoms. The van der Waals surface area contributed by atoms with E-state index in [2.05, 4.69) is 17.6 Å². The molecule has 0 aliphatic carbocycles. The number of hydrogen-bond acceptors (Lipinski definition) is 1. The zero-order chi connectivity index (χ0) is 10.7. The predicted octanol–water partition coefficient (Wildman–Crippen LogP) is 2.42. The van der Waals surface area contributed by atoms with Crippen LogP contribution in [0.5, 0.6) is 0 Å². The summed E-state index contributed by atoms with van der Waals surface area (Å²) in [5.74, 6) is -0.405. The van der Waals surface area contributed by atoms with Gasteiger partial charge in [-0.15, -0.1) is 12.6 Å². The fraction of sp³-hybridized carbons (Fsp3) is 0.200. The zero-order valence-electron chi connectivity index (χ0n) is 8.13. The molecule has 0 atom stereocenters. The van der Waals surface area contributed by atoms with Gasteiger partial charge in [-0.2, -0.15) is 0 Å². The summed E-state index contributed by atoms with van der Waals surface area (Å²) < 4.78 is 12.9. The molecule has 0 saturated heterocycles. The van der Waals surface area contributed by atoms with Crippen molar-refractivity contribution in [2.45, 2.75) is 18.7 Å². The Labute approximate surface area is 89.5 Å². The monoisotopic (exact) mass is 207 g/mol. The van der Waals surface area contributed by atoms with E-state index in [1.165, 1.54) is 6.07 Å². The van der Waals surface area contributed by atoms with E-state index in [0.29, 0.717) is 5.52 Å². The van der Waals surface area contributed by atoms with Gasteiger partial charge in [0.1, 0.15) is 13.7 Å². The highest BCUT2D eigenvalue weighted by atomic mass is 32.1. The molecule has 1 nitrogen and oxygen atoms in total. The summed E-state index contributed by atoms with van der Waals surface area (Å²) in [6, 6.07) is 2.94. The van der Waals surface area contributed by atoms with Crippen LogP contribution in [0.1, 0.15) is 13.8 Å². The van der Waals surface area contributed by atoms with Gasteiger partial charge in [0, 0.05) is 22.0 Å². The standard InChI is InChI=1S/C8H5BFNS.C2H6/c9-5-1-4-7(2-6(5)10)11-3-8(4)12;1-2/h1-3,11-12H;1-2H3. The molecule has 0 bridgehead atoms. The number of halogens is 1. The molecule has 2 radical (unpaired) electrons. The van der Waals surface area contributed by atoms with Gasteiger partial charge in [0.15, 0.2) is 0 Å². The first-order chi connectivity index (χ1) is 6.68. The summed E-state index contributed by atoms with van der Waals surface area (Å²) in [6.45, 7) is 4.00. The largest absolute Gasteiger partial charge is 0.360 e. The van der Waals surface area contributed by atoms with Crippen LogP contribution in [0, 0.1) is 5.82 Å². The molecular weight excluding hydrogens is 196 g/mol. The molecule has 0 aliphatic heterocycles. The smallest absolute Gasteiger partial charge is 0.118 e. The third-order valence-electron chi connectivity index (χ3n) is 1.78. The maximum absolute atomic E-state index is 12.9. The lowest BCUT2D eigenvalue weighted by molar-refractivity contribution is 0.637. The van der Waals surface area contributed by atoms with E-state index >= 15 is 0 Å². The molecule has 4 heteroatoms. The quantitative estimate of drug-likeness (QED) is 0.487. The second-order valence-electron chi connectivity index (χ2n) is 2.59. The van der Waals surface area contributed by atoms with Crippen molar-refractivity contribution in [1.29, 1.82) is 0 Å². The maximum Gasteiger partial charge on any atom is 0.118 e. The lowest BCUT2D eigenvalue weighted by atomic mass is 9.94. The Balaban J connectivity index is 0.000000461. The van der Waals surface area contributed by atoms with E-state index in [9.17, 15) is 4.39 Å². The normalized spacial score (nSPS) is 9.71. The maximum atomic E-state index is 12.9. The van der Waals surface area contributed by atoms with Crippen LogP contribution in [0.2, 0.25) is 0 Å². The first kappa shape index (κ1) is 11.2. The Bertz CT molecular complexity index is 439. The Morgan fingerprint density at radius 3 is 2.64 bits per heavy atom. The van der Waals surface area contributed by atoms with Gasteiger partial charge in [0.2, 0.25) is 0 Å². The Hall–Kier alpha value is -0.895. The summed E-state index contributed by atoms with van der Waals surface area (Å²) in [5, 5.41) is 0.845. The van der Waals surface area contributed by atoms with E-state index in [0.717, 1.165) is 10.3 Å². The number of nitrogens with one attached hydrogen (secondary N) is 1.